The molecule has 0 saturated heterocycles. The van der Waals surface area contributed by atoms with Crippen LogP contribution in [0.1, 0.15) is 5.56 Å². The van der Waals surface area contributed by atoms with E-state index in [-0.39, 0.29) is 5.75 Å². The van der Waals surface area contributed by atoms with E-state index < -0.39 is 11.8 Å². The van der Waals surface area contributed by atoms with Gasteiger partial charge in [0.1, 0.15) is 5.75 Å². The molecule has 0 unspecified atom stereocenters. The molecule has 0 aliphatic rings. The fraction of sp³-hybridized carbons (Fsp3) is 0.0625. The van der Waals surface area contributed by atoms with Crippen LogP contribution in [0.3, 0.4) is 0 Å². The quantitative estimate of drug-likeness (QED) is 0.655. The minimum atomic E-state index is -1.08. The van der Waals surface area contributed by atoms with Crippen molar-refractivity contribution in [2.75, 3.05) is 6.26 Å². The molecule has 21 heavy (non-hydrogen) atoms. The summed E-state index contributed by atoms with van der Waals surface area (Å²) in [6, 6.07) is 11.7. The maximum absolute atomic E-state index is 14.0. The van der Waals surface area contributed by atoms with Gasteiger partial charge in [-0.25, -0.2) is 9.18 Å². The molecular weight excluding hydrogens is 291 g/mol. The summed E-state index contributed by atoms with van der Waals surface area (Å²) >= 11 is 1.51. The molecule has 0 aliphatic carbocycles. The Balaban J connectivity index is 2.23. The van der Waals surface area contributed by atoms with Crippen LogP contribution in [0, 0.1) is 5.82 Å². The van der Waals surface area contributed by atoms with Gasteiger partial charge < -0.3 is 9.84 Å². The van der Waals surface area contributed by atoms with Crippen molar-refractivity contribution in [2.45, 2.75) is 4.90 Å². The average molecular weight is 304 g/mol. The highest BCUT2D eigenvalue weighted by Crippen LogP contribution is 2.32. The van der Waals surface area contributed by atoms with E-state index in [1.54, 1.807) is 12.1 Å². The zero-order valence-electron chi connectivity index (χ0n) is 11.2. The molecule has 0 atom stereocenters. The van der Waals surface area contributed by atoms with E-state index in [9.17, 15) is 9.18 Å². The third kappa shape index (κ3) is 4.10. The number of ether oxygens (including phenoxy) is 1. The van der Waals surface area contributed by atoms with Crippen LogP contribution in [-0.2, 0) is 4.79 Å². The number of carboxylic acid groups (broad SMARTS) is 1. The highest BCUT2D eigenvalue weighted by atomic mass is 32.2. The van der Waals surface area contributed by atoms with Gasteiger partial charge in [-0.1, -0.05) is 18.2 Å². The Bertz CT molecular complexity index is 683. The van der Waals surface area contributed by atoms with Crippen LogP contribution >= 0.6 is 11.8 Å². The van der Waals surface area contributed by atoms with Crippen molar-refractivity contribution in [3.8, 4) is 11.5 Å². The van der Waals surface area contributed by atoms with E-state index in [1.807, 2.05) is 24.5 Å². The fourth-order valence-corrected chi connectivity index (χ4v) is 2.22. The predicted octanol–water partition coefficient (Wildman–Crippen LogP) is 4.44. The van der Waals surface area contributed by atoms with E-state index in [2.05, 4.69) is 0 Å². The van der Waals surface area contributed by atoms with Crippen LogP contribution in [0.15, 0.2) is 53.4 Å². The third-order valence-electron chi connectivity index (χ3n) is 2.66. The predicted molar refractivity (Wildman–Crippen MR) is 81.4 cm³/mol. The lowest BCUT2D eigenvalue weighted by molar-refractivity contribution is -0.131. The van der Waals surface area contributed by atoms with Crippen molar-refractivity contribution in [3.05, 3.63) is 59.9 Å². The van der Waals surface area contributed by atoms with Gasteiger partial charge in [0.05, 0.1) is 0 Å². The molecule has 0 spiro atoms. The van der Waals surface area contributed by atoms with Crippen molar-refractivity contribution in [3.63, 3.8) is 0 Å². The van der Waals surface area contributed by atoms with Crippen LogP contribution in [0.2, 0.25) is 0 Å². The van der Waals surface area contributed by atoms with Gasteiger partial charge in [-0.05, 0) is 42.2 Å². The van der Waals surface area contributed by atoms with Gasteiger partial charge >= 0.3 is 5.97 Å². The van der Waals surface area contributed by atoms with Gasteiger partial charge in [0.25, 0.3) is 0 Å². The lowest BCUT2D eigenvalue weighted by atomic mass is 10.2. The van der Waals surface area contributed by atoms with Gasteiger partial charge in [0.2, 0.25) is 0 Å². The van der Waals surface area contributed by atoms with Crippen LogP contribution in [0.25, 0.3) is 6.08 Å². The zero-order valence-corrected chi connectivity index (χ0v) is 12.1. The summed E-state index contributed by atoms with van der Waals surface area (Å²) in [7, 11) is 0. The van der Waals surface area contributed by atoms with Crippen molar-refractivity contribution in [1.82, 2.24) is 0 Å². The average Bonchev–Trinajstić information content (AvgIpc) is 2.48. The summed E-state index contributed by atoms with van der Waals surface area (Å²) in [5.74, 6) is -0.940. The molecule has 2 aromatic carbocycles. The summed E-state index contributed by atoms with van der Waals surface area (Å²) in [6.07, 6.45) is 4.20. The molecule has 0 aliphatic heterocycles. The Hall–Kier alpha value is -2.27. The number of carbonyl (C=O) groups is 1. The molecule has 2 rings (SSSR count). The standard InChI is InChI=1S/C16H13FO3S/c1-21-15-5-3-2-4-14(15)20-13-8-6-11(10-12(13)17)7-9-16(18)19/h2-10H,1H3,(H,18,19). The van der Waals surface area contributed by atoms with Gasteiger partial charge in [-0.2, -0.15) is 0 Å². The van der Waals surface area contributed by atoms with Crippen LogP contribution in [0.4, 0.5) is 4.39 Å². The summed E-state index contributed by atoms with van der Waals surface area (Å²) in [5.41, 5.74) is 0.459. The lowest BCUT2D eigenvalue weighted by Gasteiger charge is -2.10. The molecule has 0 radical (unpaired) electrons. The van der Waals surface area contributed by atoms with Gasteiger partial charge in [0.15, 0.2) is 11.6 Å². The molecule has 0 bridgehead atoms. The first-order valence-electron chi connectivity index (χ1n) is 6.11. The maximum atomic E-state index is 14.0. The highest BCUT2D eigenvalue weighted by molar-refractivity contribution is 7.98. The number of para-hydroxylation sites is 1. The second-order valence-electron chi connectivity index (χ2n) is 4.11. The molecule has 2 aromatic rings. The molecular formula is C16H13FO3S. The Morgan fingerprint density at radius 2 is 2.00 bits per heavy atom. The first-order valence-corrected chi connectivity index (χ1v) is 7.34. The summed E-state index contributed by atoms with van der Waals surface area (Å²) in [4.78, 5) is 11.3. The second-order valence-corrected chi connectivity index (χ2v) is 4.96. The van der Waals surface area contributed by atoms with Crippen LogP contribution in [-0.4, -0.2) is 17.3 Å². The molecule has 3 nitrogen and oxygen atoms in total. The van der Waals surface area contributed by atoms with E-state index in [0.29, 0.717) is 11.3 Å². The number of aliphatic carboxylic acids is 1. The zero-order chi connectivity index (χ0) is 15.2. The topological polar surface area (TPSA) is 46.5 Å². The minimum Gasteiger partial charge on any atom is -0.478 e. The number of rotatable bonds is 5. The molecule has 5 heteroatoms. The smallest absolute Gasteiger partial charge is 0.328 e. The number of hydrogen-bond donors (Lipinski definition) is 1. The Labute approximate surface area is 126 Å². The number of hydrogen-bond acceptors (Lipinski definition) is 3. The normalized spacial score (nSPS) is 10.8. The van der Waals surface area contributed by atoms with Crippen LogP contribution in [0.5, 0.6) is 11.5 Å². The number of benzene rings is 2. The van der Waals surface area contributed by atoms with E-state index >= 15 is 0 Å². The second kappa shape index (κ2) is 6.95. The first-order chi connectivity index (χ1) is 10.1. The molecule has 0 heterocycles. The largest absolute Gasteiger partial charge is 0.478 e. The monoisotopic (exact) mass is 304 g/mol. The first kappa shape index (κ1) is 15.1. The van der Waals surface area contributed by atoms with Crippen molar-refractivity contribution < 1.29 is 19.0 Å². The van der Waals surface area contributed by atoms with E-state index in [0.717, 1.165) is 11.0 Å². The molecule has 0 amide bonds. The van der Waals surface area contributed by atoms with Gasteiger partial charge in [0, 0.05) is 11.0 Å². The maximum Gasteiger partial charge on any atom is 0.328 e. The van der Waals surface area contributed by atoms with Gasteiger partial charge in [-0.15, -0.1) is 11.8 Å². The van der Waals surface area contributed by atoms with Crippen molar-refractivity contribution in [2.24, 2.45) is 0 Å². The third-order valence-corrected chi connectivity index (χ3v) is 3.44. The molecule has 0 fully saturated rings. The Morgan fingerprint density at radius 1 is 1.24 bits per heavy atom. The summed E-state index contributed by atoms with van der Waals surface area (Å²) in [5, 5.41) is 8.54. The SMILES string of the molecule is CSc1ccccc1Oc1ccc(C=CC(=O)O)cc1F. The van der Waals surface area contributed by atoms with Crippen LogP contribution < -0.4 is 4.74 Å². The fourth-order valence-electron chi connectivity index (χ4n) is 1.69. The van der Waals surface area contributed by atoms with Gasteiger partial charge in [-0.3, -0.25) is 0 Å². The molecule has 0 saturated carbocycles. The molecule has 0 aromatic heterocycles. The van der Waals surface area contributed by atoms with E-state index in [1.165, 1.54) is 30.0 Å². The summed E-state index contributed by atoms with van der Waals surface area (Å²) < 4.78 is 19.6. The summed E-state index contributed by atoms with van der Waals surface area (Å²) in [6.45, 7) is 0. The Kier molecular flexibility index (Phi) is 5.00. The number of halogens is 1. The number of carboxylic acids is 1. The van der Waals surface area contributed by atoms with Crippen molar-refractivity contribution >= 4 is 23.8 Å². The van der Waals surface area contributed by atoms with Crippen molar-refractivity contribution in [1.29, 1.82) is 0 Å². The molecule has 108 valence electrons. The molecule has 1 N–H and O–H groups in total. The Morgan fingerprint density at radius 3 is 2.67 bits per heavy atom. The highest BCUT2D eigenvalue weighted by Gasteiger charge is 2.08. The minimum absolute atomic E-state index is 0.101. The van der Waals surface area contributed by atoms with E-state index in [4.69, 9.17) is 9.84 Å². The lowest BCUT2D eigenvalue weighted by Crippen LogP contribution is -1.91. The number of thioether (sulfide) groups is 1.